The van der Waals surface area contributed by atoms with Crippen LogP contribution >= 0.6 is 0 Å². The molecule has 0 rings (SSSR count). The lowest BCUT2D eigenvalue weighted by molar-refractivity contribution is -0.147. The van der Waals surface area contributed by atoms with Crippen molar-refractivity contribution in [3.8, 4) is 0 Å². The first-order valence-electron chi connectivity index (χ1n) is 4.89. The Hall–Kier alpha value is -1.33. The molecule has 0 unspecified atom stereocenters. The minimum atomic E-state index is -1.91. The van der Waals surface area contributed by atoms with E-state index in [4.69, 9.17) is 4.74 Å². The van der Waals surface area contributed by atoms with Crippen LogP contribution in [0.1, 0.15) is 27.7 Å². The highest BCUT2D eigenvalue weighted by molar-refractivity contribution is 5.76. The third-order valence-electron chi connectivity index (χ3n) is 1.61. The van der Waals surface area contributed by atoms with E-state index in [1.54, 1.807) is 20.8 Å². The van der Waals surface area contributed by atoms with Gasteiger partial charge in [-0.3, -0.25) is 0 Å². The highest BCUT2D eigenvalue weighted by atomic mass is 19.1. The Morgan fingerprint density at radius 1 is 1.31 bits per heavy atom. The molecule has 1 N–H and O–H groups in total. The molecule has 0 aliphatic carbocycles. The maximum absolute atomic E-state index is 13.2. The molecule has 1 amide bonds. The zero-order chi connectivity index (χ0) is 12.9. The monoisotopic (exact) mass is 235 g/mol. The molecule has 0 aromatic rings. The fraction of sp³-hybridized carbons (Fsp3) is 0.800. The number of ether oxygens (including phenoxy) is 2. The normalized spacial score (nSPS) is 14.9. The molecule has 0 aliphatic heterocycles. The number of hydrogen-bond acceptors (Lipinski definition) is 4. The fourth-order valence-electron chi connectivity index (χ4n) is 0.883. The van der Waals surface area contributed by atoms with E-state index in [0.29, 0.717) is 0 Å². The molecule has 5 nitrogen and oxygen atoms in total. The van der Waals surface area contributed by atoms with E-state index >= 15 is 0 Å². The SMILES string of the molecule is COC(=O)[C@@H](F)[C@H](C)NC(=O)OC(C)(C)C. The number of esters is 1. The molecule has 6 heteroatoms. The van der Waals surface area contributed by atoms with Crippen molar-refractivity contribution in [2.24, 2.45) is 0 Å². The van der Waals surface area contributed by atoms with Crippen molar-refractivity contribution in [2.75, 3.05) is 7.11 Å². The average molecular weight is 235 g/mol. The molecule has 0 saturated heterocycles. The van der Waals surface area contributed by atoms with Gasteiger partial charge in [-0.05, 0) is 27.7 Å². The lowest BCUT2D eigenvalue weighted by Gasteiger charge is -2.22. The maximum atomic E-state index is 13.2. The van der Waals surface area contributed by atoms with Gasteiger partial charge in [0.05, 0.1) is 13.2 Å². The van der Waals surface area contributed by atoms with Gasteiger partial charge in [0, 0.05) is 0 Å². The molecule has 2 atom stereocenters. The summed E-state index contributed by atoms with van der Waals surface area (Å²) in [6, 6.07) is -0.998. The minimum absolute atomic E-state index is 0.666. The molecule has 0 aliphatic rings. The molecule has 0 bridgehead atoms. The Balaban J connectivity index is 4.19. The van der Waals surface area contributed by atoms with Crippen LogP contribution in [0.25, 0.3) is 0 Å². The first-order chi connectivity index (χ1) is 7.17. The molecular formula is C10H18FNO4. The largest absolute Gasteiger partial charge is 0.467 e. The third kappa shape index (κ3) is 5.53. The Labute approximate surface area is 94.3 Å². The zero-order valence-electron chi connectivity index (χ0n) is 10.2. The number of methoxy groups -OCH3 is 1. The number of halogens is 1. The van der Waals surface area contributed by atoms with Crippen molar-refractivity contribution < 1.29 is 23.5 Å². The Bertz CT molecular complexity index is 262. The summed E-state index contributed by atoms with van der Waals surface area (Å²) in [6.07, 6.45) is -2.68. The number of carbonyl (C=O) groups is 2. The van der Waals surface area contributed by atoms with E-state index in [1.165, 1.54) is 6.92 Å². The van der Waals surface area contributed by atoms with Gasteiger partial charge in [0.25, 0.3) is 0 Å². The summed E-state index contributed by atoms with van der Waals surface area (Å²) in [5.74, 6) is -1.02. The van der Waals surface area contributed by atoms with Crippen LogP contribution in [0.3, 0.4) is 0 Å². The molecule has 0 heterocycles. The summed E-state index contributed by atoms with van der Waals surface area (Å²) in [4.78, 5) is 22.1. The first kappa shape index (κ1) is 14.7. The summed E-state index contributed by atoms with van der Waals surface area (Å²) in [5.41, 5.74) is -0.666. The average Bonchev–Trinajstić information content (AvgIpc) is 2.12. The highest BCUT2D eigenvalue weighted by Crippen LogP contribution is 2.08. The van der Waals surface area contributed by atoms with E-state index in [9.17, 15) is 14.0 Å². The number of alkyl carbamates (subject to hydrolysis) is 1. The van der Waals surface area contributed by atoms with Crippen LogP contribution in [0.5, 0.6) is 0 Å². The van der Waals surface area contributed by atoms with Gasteiger partial charge in [0.2, 0.25) is 6.17 Å². The van der Waals surface area contributed by atoms with Gasteiger partial charge < -0.3 is 14.8 Å². The number of alkyl halides is 1. The van der Waals surface area contributed by atoms with Gasteiger partial charge in [-0.25, -0.2) is 14.0 Å². The molecule has 0 aromatic heterocycles. The third-order valence-corrected chi connectivity index (χ3v) is 1.61. The van der Waals surface area contributed by atoms with Gasteiger partial charge in [0.15, 0.2) is 0 Å². The number of nitrogens with one attached hydrogen (secondary N) is 1. The van der Waals surface area contributed by atoms with Crippen LogP contribution in [0, 0.1) is 0 Å². The smallest absolute Gasteiger partial charge is 0.407 e. The second-order valence-corrected chi connectivity index (χ2v) is 4.36. The van der Waals surface area contributed by atoms with E-state index in [-0.39, 0.29) is 0 Å². The number of rotatable bonds is 3. The topological polar surface area (TPSA) is 64.6 Å². The molecule has 16 heavy (non-hydrogen) atoms. The van der Waals surface area contributed by atoms with Crippen molar-refractivity contribution in [3.05, 3.63) is 0 Å². The predicted octanol–water partition coefficient (Wildman–Crippen LogP) is 1.41. The van der Waals surface area contributed by atoms with Gasteiger partial charge in [-0.1, -0.05) is 0 Å². The second kappa shape index (κ2) is 5.67. The van der Waals surface area contributed by atoms with Crippen LogP contribution in [-0.4, -0.2) is 37.0 Å². The number of carbonyl (C=O) groups excluding carboxylic acids is 2. The summed E-state index contributed by atoms with van der Waals surface area (Å²) >= 11 is 0. The van der Waals surface area contributed by atoms with Crippen molar-refractivity contribution >= 4 is 12.1 Å². The summed E-state index contributed by atoms with van der Waals surface area (Å²) < 4.78 is 22.4. The minimum Gasteiger partial charge on any atom is -0.467 e. The second-order valence-electron chi connectivity index (χ2n) is 4.36. The molecule has 0 fully saturated rings. The molecule has 0 saturated carbocycles. The zero-order valence-corrected chi connectivity index (χ0v) is 10.2. The highest BCUT2D eigenvalue weighted by Gasteiger charge is 2.28. The van der Waals surface area contributed by atoms with Gasteiger partial charge >= 0.3 is 12.1 Å². The van der Waals surface area contributed by atoms with Crippen LogP contribution in [-0.2, 0) is 14.3 Å². The molecular weight excluding hydrogens is 217 g/mol. The van der Waals surface area contributed by atoms with E-state index < -0.39 is 29.9 Å². The van der Waals surface area contributed by atoms with Gasteiger partial charge in [-0.2, -0.15) is 0 Å². The standard InChI is InChI=1S/C10H18FNO4/c1-6(7(11)8(13)15-5)12-9(14)16-10(2,3)4/h6-7H,1-5H3,(H,12,14)/t6-,7-/m0/s1. The number of amides is 1. The summed E-state index contributed by atoms with van der Waals surface area (Å²) in [6.45, 7) is 6.41. The van der Waals surface area contributed by atoms with Gasteiger partial charge in [0.1, 0.15) is 5.60 Å². The van der Waals surface area contributed by atoms with Crippen LogP contribution in [0.4, 0.5) is 9.18 Å². The Morgan fingerprint density at radius 3 is 2.19 bits per heavy atom. The predicted molar refractivity (Wildman–Crippen MR) is 55.7 cm³/mol. The first-order valence-corrected chi connectivity index (χ1v) is 4.89. The van der Waals surface area contributed by atoms with E-state index in [0.717, 1.165) is 7.11 Å². The van der Waals surface area contributed by atoms with E-state index in [2.05, 4.69) is 10.1 Å². The summed E-state index contributed by atoms with van der Waals surface area (Å²) in [7, 11) is 1.08. The van der Waals surface area contributed by atoms with Crippen molar-refractivity contribution in [3.63, 3.8) is 0 Å². The van der Waals surface area contributed by atoms with E-state index in [1.807, 2.05) is 0 Å². The molecule has 0 aromatic carbocycles. The van der Waals surface area contributed by atoms with Gasteiger partial charge in [-0.15, -0.1) is 0 Å². The van der Waals surface area contributed by atoms with Crippen LogP contribution in [0.15, 0.2) is 0 Å². The quantitative estimate of drug-likeness (QED) is 0.751. The lowest BCUT2D eigenvalue weighted by Crippen LogP contribution is -2.45. The Morgan fingerprint density at radius 2 is 1.81 bits per heavy atom. The van der Waals surface area contributed by atoms with Crippen LogP contribution < -0.4 is 5.32 Å². The number of hydrogen-bond donors (Lipinski definition) is 1. The molecule has 0 radical (unpaired) electrons. The van der Waals surface area contributed by atoms with Crippen molar-refractivity contribution in [2.45, 2.75) is 45.5 Å². The lowest BCUT2D eigenvalue weighted by atomic mass is 10.2. The maximum Gasteiger partial charge on any atom is 0.407 e. The van der Waals surface area contributed by atoms with Crippen molar-refractivity contribution in [1.29, 1.82) is 0 Å². The van der Waals surface area contributed by atoms with Crippen LogP contribution in [0.2, 0.25) is 0 Å². The fourth-order valence-corrected chi connectivity index (χ4v) is 0.883. The van der Waals surface area contributed by atoms with Crippen molar-refractivity contribution in [1.82, 2.24) is 5.32 Å². The molecule has 0 spiro atoms. The molecule has 94 valence electrons. The summed E-state index contributed by atoms with van der Waals surface area (Å²) in [5, 5.41) is 2.21. The Kier molecular flexibility index (Phi) is 5.20.